The summed E-state index contributed by atoms with van der Waals surface area (Å²) in [6, 6.07) is 0. The normalized spacial score (nSPS) is 14.0. The fourth-order valence-electron chi connectivity index (χ4n) is 1.62. The van der Waals surface area contributed by atoms with Gasteiger partial charge in [0.05, 0.1) is 0 Å². The first-order valence-corrected chi connectivity index (χ1v) is 7.80. The topological polar surface area (TPSA) is 66.9 Å². The zero-order chi connectivity index (χ0) is 13.5. The largest absolute Gasteiger partial charge is 0.373 e. The van der Waals surface area contributed by atoms with Crippen LogP contribution < -0.4 is 10.6 Å². The van der Waals surface area contributed by atoms with Crippen LogP contribution in [-0.4, -0.2) is 39.3 Å². The minimum Gasteiger partial charge on any atom is -0.373 e. The molecule has 0 aliphatic carbocycles. The van der Waals surface area contributed by atoms with Crippen molar-refractivity contribution < 1.29 is 4.21 Å². The number of anilines is 2. The van der Waals surface area contributed by atoms with Crippen molar-refractivity contribution in [3.8, 4) is 0 Å². The Bertz CT molecular complexity index is 411. The van der Waals surface area contributed by atoms with Gasteiger partial charge in [-0.05, 0) is 13.3 Å². The first-order chi connectivity index (χ1) is 8.60. The third kappa shape index (κ3) is 3.94. The number of nitrogens with zero attached hydrogens (tertiary/aromatic N) is 2. The van der Waals surface area contributed by atoms with E-state index >= 15 is 0 Å². The molecule has 1 aromatic rings. The molecule has 2 atom stereocenters. The van der Waals surface area contributed by atoms with Gasteiger partial charge in [0, 0.05) is 41.5 Å². The maximum Gasteiger partial charge on any atom is 0.134 e. The third-order valence-electron chi connectivity index (χ3n) is 2.81. The molecule has 1 heterocycles. The van der Waals surface area contributed by atoms with E-state index in [4.69, 9.17) is 0 Å². The molecule has 102 valence electrons. The highest BCUT2D eigenvalue weighted by Gasteiger charge is 2.11. The average Bonchev–Trinajstić information content (AvgIpc) is 2.37. The van der Waals surface area contributed by atoms with E-state index in [2.05, 4.69) is 27.5 Å². The second kappa shape index (κ2) is 7.31. The van der Waals surface area contributed by atoms with Gasteiger partial charge < -0.3 is 10.6 Å². The molecule has 1 aromatic heterocycles. The number of hydrogen-bond donors (Lipinski definition) is 2. The summed E-state index contributed by atoms with van der Waals surface area (Å²) in [5.41, 5.74) is 1.09. The molecule has 6 heteroatoms. The van der Waals surface area contributed by atoms with Gasteiger partial charge in [-0.15, -0.1) is 0 Å². The summed E-state index contributed by atoms with van der Waals surface area (Å²) in [6.07, 6.45) is 5.22. The van der Waals surface area contributed by atoms with Gasteiger partial charge in [0.25, 0.3) is 0 Å². The van der Waals surface area contributed by atoms with Gasteiger partial charge in [-0.2, -0.15) is 0 Å². The second-order valence-electron chi connectivity index (χ2n) is 4.24. The molecule has 0 saturated carbocycles. The van der Waals surface area contributed by atoms with Gasteiger partial charge in [0.15, 0.2) is 0 Å². The minimum absolute atomic E-state index is 0.104. The molecule has 2 unspecified atom stereocenters. The van der Waals surface area contributed by atoms with Crippen molar-refractivity contribution in [2.75, 3.05) is 30.5 Å². The minimum atomic E-state index is -0.823. The molecule has 0 amide bonds. The van der Waals surface area contributed by atoms with Gasteiger partial charge in [-0.3, -0.25) is 4.21 Å². The van der Waals surface area contributed by atoms with E-state index in [-0.39, 0.29) is 5.25 Å². The zero-order valence-electron chi connectivity index (χ0n) is 11.5. The average molecular weight is 270 g/mol. The summed E-state index contributed by atoms with van der Waals surface area (Å²) in [5, 5.41) is 6.45. The lowest BCUT2D eigenvalue weighted by atomic mass is 10.1. The highest BCUT2D eigenvalue weighted by Crippen LogP contribution is 2.21. The predicted molar refractivity (Wildman–Crippen MR) is 77.6 cm³/mol. The van der Waals surface area contributed by atoms with Gasteiger partial charge in [0.2, 0.25) is 0 Å². The number of hydrogen-bond acceptors (Lipinski definition) is 5. The van der Waals surface area contributed by atoms with Crippen LogP contribution in [0.2, 0.25) is 0 Å². The SMILES string of the molecule is CCCc1c(NC)ncnc1NCC(C)S(C)=O. The van der Waals surface area contributed by atoms with Crippen molar-refractivity contribution in [2.45, 2.75) is 31.9 Å². The van der Waals surface area contributed by atoms with Crippen LogP contribution in [0.4, 0.5) is 11.6 Å². The highest BCUT2D eigenvalue weighted by molar-refractivity contribution is 7.84. The summed E-state index contributed by atoms with van der Waals surface area (Å²) < 4.78 is 11.3. The number of rotatable bonds is 7. The van der Waals surface area contributed by atoms with Gasteiger partial charge in [-0.1, -0.05) is 13.3 Å². The molecule has 0 spiro atoms. The zero-order valence-corrected chi connectivity index (χ0v) is 12.3. The van der Waals surface area contributed by atoms with Crippen LogP contribution in [0.3, 0.4) is 0 Å². The van der Waals surface area contributed by atoms with Crippen LogP contribution in [0.25, 0.3) is 0 Å². The van der Waals surface area contributed by atoms with Crippen LogP contribution in [0, 0.1) is 0 Å². The summed E-state index contributed by atoms with van der Waals surface area (Å²) in [4.78, 5) is 8.49. The Morgan fingerprint density at radius 1 is 1.39 bits per heavy atom. The Morgan fingerprint density at radius 2 is 2.06 bits per heavy atom. The first-order valence-electron chi connectivity index (χ1n) is 6.17. The molecule has 0 aromatic carbocycles. The standard InChI is InChI=1S/C12H22N4OS/c1-5-6-10-11(13-3)15-8-16-12(10)14-7-9(2)18(4)17/h8-9H,5-7H2,1-4H3,(H2,13,14,15,16). The lowest BCUT2D eigenvalue weighted by molar-refractivity contribution is 0.678. The van der Waals surface area contributed by atoms with Gasteiger partial charge >= 0.3 is 0 Å². The quantitative estimate of drug-likeness (QED) is 0.788. The smallest absolute Gasteiger partial charge is 0.134 e. The van der Waals surface area contributed by atoms with E-state index in [1.807, 2.05) is 14.0 Å². The van der Waals surface area contributed by atoms with Crippen LogP contribution >= 0.6 is 0 Å². The maximum atomic E-state index is 11.3. The van der Waals surface area contributed by atoms with E-state index in [1.54, 1.807) is 12.6 Å². The van der Waals surface area contributed by atoms with Crippen LogP contribution in [0.5, 0.6) is 0 Å². The summed E-state index contributed by atoms with van der Waals surface area (Å²) in [5.74, 6) is 1.70. The molecule has 0 aliphatic heterocycles. The maximum absolute atomic E-state index is 11.3. The van der Waals surface area contributed by atoms with Crippen molar-refractivity contribution in [3.05, 3.63) is 11.9 Å². The number of nitrogens with one attached hydrogen (secondary N) is 2. The molecule has 18 heavy (non-hydrogen) atoms. The van der Waals surface area contributed by atoms with Crippen molar-refractivity contribution >= 4 is 22.4 Å². The van der Waals surface area contributed by atoms with E-state index in [9.17, 15) is 4.21 Å². The lowest BCUT2D eigenvalue weighted by Crippen LogP contribution is -2.22. The molecule has 0 saturated heterocycles. The monoisotopic (exact) mass is 270 g/mol. The first kappa shape index (κ1) is 14.9. The molecular formula is C12H22N4OS. The molecule has 0 radical (unpaired) electrons. The van der Waals surface area contributed by atoms with Crippen molar-refractivity contribution in [1.29, 1.82) is 0 Å². The van der Waals surface area contributed by atoms with Crippen molar-refractivity contribution in [1.82, 2.24) is 9.97 Å². The van der Waals surface area contributed by atoms with Crippen LogP contribution in [0.15, 0.2) is 6.33 Å². The van der Waals surface area contributed by atoms with Crippen LogP contribution in [-0.2, 0) is 17.2 Å². The molecule has 2 N–H and O–H groups in total. The Hall–Kier alpha value is -1.17. The fourth-order valence-corrected chi connectivity index (χ4v) is 1.94. The molecule has 0 aliphatic rings. The lowest BCUT2D eigenvalue weighted by Gasteiger charge is -2.15. The molecule has 1 rings (SSSR count). The summed E-state index contributed by atoms with van der Waals surface area (Å²) in [7, 11) is 1.03. The van der Waals surface area contributed by atoms with E-state index in [1.165, 1.54) is 0 Å². The van der Waals surface area contributed by atoms with Crippen molar-refractivity contribution in [3.63, 3.8) is 0 Å². The van der Waals surface area contributed by atoms with Gasteiger partial charge in [-0.25, -0.2) is 9.97 Å². The van der Waals surface area contributed by atoms with E-state index in [0.717, 1.165) is 30.0 Å². The van der Waals surface area contributed by atoms with E-state index in [0.29, 0.717) is 6.54 Å². The van der Waals surface area contributed by atoms with Crippen molar-refractivity contribution in [2.24, 2.45) is 0 Å². The Morgan fingerprint density at radius 3 is 2.61 bits per heavy atom. The Balaban J connectivity index is 2.83. The summed E-state index contributed by atoms with van der Waals surface area (Å²) in [6.45, 7) is 4.74. The van der Waals surface area contributed by atoms with Crippen LogP contribution in [0.1, 0.15) is 25.8 Å². The predicted octanol–water partition coefficient (Wildman–Crippen LogP) is 1.65. The number of aromatic nitrogens is 2. The Labute approximate surface area is 111 Å². The Kier molecular flexibility index (Phi) is 6.04. The highest BCUT2D eigenvalue weighted by atomic mass is 32.2. The molecule has 5 nitrogen and oxygen atoms in total. The fraction of sp³-hybridized carbons (Fsp3) is 0.667. The van der Waals surface area contributed by atoms with Gasteiger partial charge in [0.1, 0.15) is 18.0 Å². The third-order valence-corrected chi connectivity index (χ3v) is 4.11. The molecule has 0 fully saturated rings. The molecule has 0 bridgehead atoms. The molecular weight excluding hydrogens is 248 g/mol. The second-order valence-corrected chi connectivity index (χ2v) is 6.04. The summed E-state index contributed by atoms with van der Waals surface area (Å²) >= 11 is 0. The van der Waals surface area contributed by atoms with E-state index < -0.39 is 10.8 Å².